The molecule has 2 atom stereocenters. The lowest BCUT2D eigenvalue weighted by molar-refractivity contribution is -0.133. The minimum absolute atomic E-state index is 0.0167. The minimum atomic E-state index is -0.345. The fourth-order valence-corrected chi connectivity index (χ4v) is 3.48. The molecule has 0 spiro atoms. The number of benzene rings is 1. The maximum absolute atomic E-state index is 12.8. The van der Waals surface area contributed by atoms with E-state index in [4.69, 9.17) is 27.9 Å². The monoisotopic (exact) mass is 342 g/mol. The number of fused-ring (bicyclic) bond motifs is 3. The van der Waals surface area contributed by atoms with Gasteiger partial charge in [0.2, 0.25) is 5.91 Å². The number of halogens is 2. The molecule has 22 heavy (non-hydrogen) atoms. The van der Waals surface area contributed by atoms with Crippen molar-refractivity contribution < 1.29 is 14.3 Å². The van der Waals surface area contributed by atoms with Gasteiger partial charge < -0.3 is 14.5 Å². The van der Waals surface area contributed by atoms with Crippen LogP contribution in [0.5, 0.6) is 0 Å². The number of rotatable bonds is 1. The maximum Gasteiger partial charge on any atom is 0.256 e. The summed E-state index contributed by atoms with van der Waals surface area (Å²) in [6, 6.07) is 4.83. The molecular formula is C15H16Cl2N2O3. The number of hydrogen-bond acceptors (Lipinski definition) is 3. The normalized spacial score (nSPS) is 25.1. The molecule has 0 aliphatic carbocycles. The first kappa shape index (κ1) is 15.6. The summed E-state index contributed by atoms with van der Waals surface area (Å²) in [5.74, 6) is -0.568. The third-order valence-electron chi connectivity index (χ3n) is 4.21. The molecule has 0 N–H and O–H groups in total. The number of amides is 2. The molecule has 2 fully saturated rings. The lowest BCUT2D eigenvalue weighted by Crippen LogP contribution is -2.45. The van der Waals surface area contributed by atoms with Crippen LogP contribution < -0.4 is 0 Å². The minimum Gasteiger partial charge on any atom is -0.378 e. The fraction of sp³-hybridized carbons (Fsp3) is 0.467. The number of nitrogens with zero attached hydrogens (tertiary/aromatic N) is 2. The fourth-order valence-electron chi connectivity index (χ4n) is 2.92. The zero-order chi connectivity index (χ0) is 15.9. The van der Waals surface area contributed by atoms with Crippen LogP contribution in [-0.4, -0.2) is 61.0 Å². The molecular weight excluding hydrogens is 327 g/mol. The van der Waals surface area contributed by atoms with E-state index in [9.17, 15) is 9.59 Å². The van der Waals surface area contributed by atoms with E-state index in [0.717, 1.165) is 0 Å². The Labute approximate surface area is 138 Å². The van der Waals surface area contributed by atoms with Crippen LogP contribution in [0.4, 0.5) is 0 Å². The van der Waals surface area contributed by atoms with Crippen molar-refractivity contribution in [3.63, 3.8) is 0 Å². The Balaban J connectivity index is 1.92. The van der Waals surface area contributed by atoms with Gasteiger partial charge in [0.25, 0.3) is 5.91 Å². The zero-order valence-corrected chi connectivity index (χ0v) is 13.6. The van der Waals surface area contributed by atoms with Gasteiger partial charge in [-0.05, 0) is 12.1 Å². The van der Waals surface area contributed by atoms with E-state index in [2.05, 4.69) is 0 Å². The highest BCUT2D eigenvalue weighted by Crippen LogP contribution is 2.28. The first-order chi connectivity index (χ1) is 10.5. The van der Waals surface area contributed by atoms with Crippen molar-refractivity contribution in [2.24, 2.45) is 5.92 Å². The molecule has 0 radical (unpaired) electrons. The number of likely N-dealkylation sites (N-methyl/N-ethyl adjacent to an activating group) is 1. The first-order valence-electron chi connectivity index (χ1n) is 7.06. The van der Waals surface area contributed by atoms with Gasteiger partial charge >= 0.3 is 0 Å². The number of hydrogen-bond donors (Lipinski definition) is 0. The molecule has 1 aromatic rings. The van der Waals surface area contributed by atoms with Gasteiger partial charge in [-0.3, -0.25) is 9.59 Å². The van der Waals surface area contributed by atoms with E-state index >= 15 is 0 Å². The zero-order valence-electron chi connectivity index (χ0n) is 12.1. The lowest BCUT2D eigenvalue weighted by atomic mass is 10.1. The average molecular weight is 343 g/mol. The first-order valence-corrected chi connectivity index (χ1v) is 7.82. The standard InChI is InChI=1S/C15H16Cl2N2O3/c1-18-10-6-19(5-9(14(18)20)7-22-8-10)15(21)13-11(16)3-2-4-12(13)17/h2-4,9-10H,5-8H2,1H3/t9-,10+/m1/s1. The summed E-state index contributed by atoms with van der Waals surface area (Å²) in [4.78, 5) is 28.5. The van der Waals surface area contributed by atoms with Gasteiger partial charge in [0, 0.05) is 20.1 Å². The van der Waals surface area contributed by atoms with Crippen LogP contribution in [0.2, 0.25) is 10.0 Å². The summed E-state index contributed by atoms with van der Waals surface area (Å²) >= 11 is 12.3. The highest BCUT2D eigenvalue weighted by molar-refractivity contribution is 6.39. The Morgan fingerprint density at radius 3 is 2.59 bits per heavy atom. The summed E-state index contributed by atoms with van der Waals surface area (Å²) < 4.78 is 5.53. The summed E-state index contributed by atoms with van der Waals surface area (Å²) in [5.41, 5.74) is 0.293. The molecule has 2 aliphatic heterocycles. The SMILES string of the molecule is CN1C(=O)[C@H]2COC[C@@H]1CN(C(=O)c1c(Cl)cccc1Cl)C2. The van der Waals surface area contributed by atoms with Crippen LogP contribution in [0.1, 0.15) is 10.4 Å². The van der Waals surface area contributed by atoms with Crippen molar-refractivity contribution in [1.29, 1.82) is 0 Å². The van der Waals surface area contributed by atoms with Crippen molar-refractivity contribution in [2.75, 3.05) is 33.4 Å². The molecule has 2 heterocycles. The van der Waals surface area contributed by atoms with E-state index in [-0.39, 0.29) is 23.8 Å². The van der Waals surface area contributed by atoms with E-state index < -0.39 is 0 Å². The Kier molecular flexibility index (Phi) is 4.30. The van der Waals surface area contributed by atoms with Crippen LogP contribution in [0, 0.1) is 5.92 Å². The quantitative estimate of drug-likeness (QED) is 0.783. The second-order valence-corrected chi connectivity index (χ2v) is 6.46. The highest BCUT2D eigenvalue weighted by atomic mass is 35.5. The topological polar surface area (TPSA) is 49.9 Å². The molecule has 2 saturated heterocycles. The Morgan fingerprint density at radius 2 is 1.91 bits per heavy atom. The van der Waals surface area contributed by atoms with Crippen LogP contribution in [0.3, 0.4) is 0 Å². The molecule has 2 amide bonds. The molecule has 0 saturated carbocycles. The van der Waals surface area contributed by atoms with Crippen molar-refractivity contribution in [3.05, 3.63) is 33.8 Å². The second kappa shape index (κ2) is 6.07. The van der Waals surface area contributed by atoms with Crippen molar-refractivity contribution >= 4 is 35.0 Å². The highest BCUT2D eigenvalue weighted by Gasteiger charge is 2.39. The van der Waals surface area contributed by atoms with Gasteiger partial charge in [-0.15, -0.1) is 0 Å². The van der Waals surface area contributed by atoms with E-state index in [1.54, 1.807) is 35.0 Å². The van der Waals surface area contributed by atoms with Gasteiger partial charge in [-0.25, -0.2) is 0 Å². The molecule has 3 rings (SSSR count). The van der Waals surface area contributed by atoms with E-state index in [1.165, 1.54) is 0 Å². The molecule has 7 heteroatoms. The Hall–Kier alpha value is -1.30. The number of carbonyl (C=O) groups is 2. The molecule has 2 bridgehead atoms. The van der Waals surface area contributed by atoms with E-state index in [1.807, 2.05) is 0 Å². The summed E-state index contributed by atoms with van der Waals surface area (Å²) in [6.07, 6.45) is 0. The molecule has 0 aromatic heterocycles. The van der Waals surface area contributed by atoms with Gasteiger partial charge in [0.15, 0.2) is 0 Å². The molecule has 5 nitrogen and oxygen atoms in total. The van der Waals surface area contributed by atoms with Crippen LogP contribution in [-0.2, 0) is 9.53 Å². The summed E-state index contributed by atoms with van der Waals surface area (Å²) in [6.45, 7) is 1.50. The summed E-state index contributed by atoms with van der Waals surface area (Å²) in [5, 5.41) is 0.644. The number of ether oxygens (including phenoxy) is 1. The largest absolute Gasteiger partial charge is 0.378 e. The van der Waals surface area contributed by atoms with Crippen molar-refractivity contribution in [3.8, 4) is 0 Å². The van der Waals surface area contributed by atoms with Gasteiger partial charge in [0.05, 0.1) is 40.8 Å². The van der Waals surface area contributed by atoms with Crippen LogP contribution in [0.25, 0.3) is 0 Å². The van der Waals surface area contributed by atoms with Crippen molar-refractivity contribution in [1.82, 2.24) is 9.80 Å². The molecule has 1 aromatic carbocycles. The van der Waals surface area contributed by atoms with Gasteiger partial charge in [-0.1, -0.05) is 29.3 Å². The van der Waals surface area contributed by atoms with E-state index in [0.29, 0.717) is 41.9 Å². The number of carbonyl (C=O) groups excluding carboxylic acids is 2. The smallest absolute Gasteiger partial charge is 0.256 e. The predicted molar refractivity (Wildman–Crippen MR) is 83.2 cm³/mol. The maximum atomic E-state index is 12.8. The third-order valence-corrected chi connectivity index (χ3v) is 4.84. The third kappa shape index (κ3) is 2.69. The molecule has 0 unspecified atom stereocenters. The Bertz CT molecular complexity index is 603. The molecule has 2 aliphatic rings. The summed E-state index contributed by atoms with van der Waals surface area (Å²) in [7, 11) is 1.76. The Morgan fingerprint density at radius 1 is 1.23 bits per heavy atom. The van der Waals surface area contributed by atoms with Gasteiger partial charge in [0.1, 0.15) is 0 Å². The second-order valence-electron chi connectivity index (χ2n) is 5.64. The molecule has 118 valence electrons. The van der Waals surface area contributed by atoms with Gasteiger partial charge in [-0.2, -0.15) is 0 Å². The van der Waals surface area contributed by atoms with Crippen LogP contribution in [0.15, 0.2) is 18.2 Å². The predicted octanol–water partition coefficient (Wildman–Crippen LogP) is 1.92. The lowest BCUT2D eigenvalue weighted by Gasteiger charge is -2.29. The van der Waals surface area contributed by atoms with Crippen molar-refractivity contribution in [2.45, 2.75) is 6.04 Å². The average Bonchev–Trinajstić information content (AvgIpc) is 2.64. The van der Waals surface area contributed by atoms with Crippen LogP contribution >= 0.6 is 23.2 Å².